The summed E-state index contributed by atoms with van der Waals surface area (Å²) in [5.74, 6) is -0.433. The summed E-state index contributed by atoms with van der Waals surface area (Å²) in [5.41, 5.74) is 4.49. The summed E-state index contributed by atoms with van der Waals surface area (Å²) in [4.78, 5) is 25.9. The van der Waals surface area contributed by atoms with E-state index in [0.29, 0.717) is 12.2 Å². The van der Waals surface area contributed by atoms with Crippen molar-refractivity contribution in [3.8, 4) is 0 Å². The molecule has 0 aromatic heterocycles. The first-order valence-electron chi connectivity index (χ1n) is 13.9. The molecule has 1 heterocycles. The van der Waals surface area contributed by atoms with Gasteiger partial charge in [0.25, 0.3) is 0 Å². The normalized spacial score (nSPS) is 20.4. The second-order valence-electron chi connectivity index (χ2n) is 10.2. The minimum Gasteiger partial charge on any atom is -0.465 e. The molecule has 0 radical (unpaired) electrons. The second kappa shape index (κ2) is 14.7. The van der Waals surface area contributed by atoms with Crippen LogP contribution in [0.1, 0.15) is 48.5 Å². The Morgan fingerprint density at radius 3 is 2.27 bits per heavy atom. The highest BCUT2D eigenvalue weighted by atomic mass is 16.7. The van der Waals surface area contributed by atoms with Gasteiger partial charge in [0.2, 0.25) is 0 Å². The zero-order valence-electron chi connectivity index (χ0n) is 23.8. The maximum absolute atomic E-state index is 12.2. The van der Waals surface area contributed by atoms with Gasteiger partial charge in [-0.3, -0.25) is 9.69 Å². The molecule has 0 aliphatic carbocycles. The van der Waals surface area contributed by atoms with Gasteiger partial charge >= 0.3 is 12.0 Å². The number of ether oxygens (including phenoxy) is 3. The van der Waals surface area contributed by atoms with Crippen molar-refractivity contribution in [1.29, 1.82) is 0 Å². The molecule has 0 spiro atoms. The Morgan fingerprint density at radius 1 is 0.927 bits per heavy atom. The molecular formula is C32H39N3O6. The van der Waals surface area contributed by atoms with Gasteiger partial charge < -0.3 is 30.0 Å². The molecule has 1 fully saturated rings. The Morgan fingerprint density at radius 2 is 1.61 bits per heavy atom. The first-order chi connectivity index (χ1) is 19.9. The van der Waals surface area contributed by atoms with Gasteiger partial charge in [-0.2, -0.15) is 0 Å². The van der Waals surface area contributed by atoms with Crippen molar-refractivity contribution in [2.75, 3.05) is 32.1 Å². The van der Waals surface area contributed by atoms with Crippen LogP contribution in [0.2, 0.25) is 0 Å². The fourth-order valence-electron chi connectivity index (χ4n) is 4.86. The summed E-state index contributed by atoms with van der Waals surface area (Å²) in [7, 11) is 2.09. The molecule has 4 rings (SSSR count). The standard InChI is InChI=1S/C32H39N3O6/c1-4-39-29(37)18-33-32(38)34-27-16-14-26(15-17-27)31-40-28(20-35(3)19-23-8-6-5-7-9-23)22(2)30(41-31)25-12-10-24(21-36)11-13-25/h5-17,22,28,30-31,36H,4,18-21H2,1-3H3,(H2,33,34,38)/t22-,28+,30+,31+/m1/s1. The first kappa shape index (κ1) is 30.2. The van der Waals surface area contributed by atoms with Crippen molar-refractivity contribution in [3.05, 3.63) is 101 Å². The minimum atomic E-state index is -0.615. The molecule has 218 valence electrons. The first-order valence-corrected chi connectivity index (χ1v) is 13.9. The quantitative estimate of drug-likeness (QED) is 0.289. The predicted molar refractivity (Wildman–Crippen MR) is 156 cm³/mol. The molecule has 0 unspecified atom stereocenters. The zero-order valence-corrected chi connectivity index (χ0v) is 23.8. The van der Waals surface area contributed by atoms with Gasteiger partial charge in [0, 0.05) is 30.3 Å². The van der Waals surface area contributed by atoms with E-state index in [2.05, 4.69) is 41.6 Å². The predicted octanol–water partition coefficient (Wildman–Crippen LogP) is 4.79. The highest BCUT2D eigenvalue weighted by Gasteiger charge is 2.38. The number of urea groups is 1. The summed E-state index contributed by atoms with van der Waals surface area (Å²) in [6.07, 6.45) is -0.949. The second-order valence-corrected chi connectivity index (χ2v) is 10.2. The molecule has 41 heavy (non-hydrogen) atoms. The van der Waals surface area contributed by atoms with Crippen LogP contribution in [0.15, 0.2) is 78.9 Å². The van der Waals surface area contributed by atoms with Crippen molar-refractivity contribution in [2.24, 2.45) is 5.92 Å². The van der Waals surface area contributed by atoms with Gasteiger partial charge in [0.1, 0.15) is 6.54 Å². The van der Waals surface area contributed by atoms with Crippen LogP contribution in [0, 0.1) is 5.92 Å². The third-order valence-electron chi connectivity index (χ3n) is 7.05. The molecule has 0 bridgehead atoms. The number of esters is 1. The number of benzene rings is 3. The summed E-state index contributed by atoms with van der Waals surface area (Å²) in [6, 6.07) is 24.9. The number of carbonyl (C=O) groups is 2. The Labute approximate surface area is 241 Å². The maximum atomic E-state index is 12.2. The molecule has 3 aromatic carbocycles. The molecule has 1 saturated heterocycles. The van der Waals surface area contributed by atoms with E-state index in [1.165, 1.54) is 5.56 Å². The summed E-state index contributed by atoms with van der Waals surface area (Å²) in [5, 5.41) is 14.7. The van der Waals surface area contributed by atoms with Crippen LogP contribution in [0.5, 0.6) is 0 Å². The van der Waals surface area contributed by atoms with Crippen LogP contribution in [-0.4, -0.2) is 54.9 Å². The molecule has 0 saturated carbocycles. The number of hydrogen-bond donors (Lipinski definition) is 3. The molecule has 1 aliphatic rings. The largest absolute Gasteiger partial charge is 0.465 e. The average Bonchev–Trinajstić information content (AvgIpc) is 2.98. The monoisotopic (exact) mass is 561 g/mol. The fourth-order valence-corrected chi connectivity index (χ4v) is 4.86. The Bertz CT molecular complexity index is 1250. The van der Waals surface area contributed by atoms with E-state index in [-0.39, 0.29) is 37.9 Å². The number of nitrogens with zero attached hydrogens (tertiary/aromatic N) is 1. The number of nitrogens with one attached hydrogen (secondary N) is 2. The topological polar surface area (TPSA) is 109 Å². The van der Waals surface area contributed by atoms with Gasteiger partial charge in [-0.1, -0.05) is 73.7 Å². The van der Waals surface area contributed by atoms with Crippen molar-refractivity contribution < 1.29 is 28.9 Å². The number of hydrogen-bond acceptors (Lipinski definition) is 7. The van der Waals surface area contributed by atoms with Crippen molar-refractivity contribution in [1.82, 2.24) is 10.2 Å². The fraction of sp³-hybridized carbons (Fsp3) is 0.375. The van der Waals surface area contributed by atoms with Crippen molar-refractivity contribution >= 4 is 17.7 Å². The van der Waals surface area contributed by atoms with Gasteiger partial charge in [-0.05, 0) is 42.8 Å². The lowest BCUT2D eigenvalue weighted by atomic mass is 9.90. The molecule has 4 atom stereocenters. The van der Waals surface area contributed by atoms with Gasteiger partial charge in [0.05, 0.1) is 25.4 Å². The highest BCUT2D eigenvalue weighted by molar-refractivity contribution is 5.91. The van der Waals surface area contributed by atoms with E-state index in [4.69, 9.17) is 14.2 Å². The molecule has 3 N–H and O–H groups in total. The third-order valence-corrected chi connectivity index (χ3v) is 7.05. The van der Waals surface area contributed by atoms with E-state index >= 15 is 0 Å². The maximum Gasteiger partial charge on any atom is 0.325 e. The molecular weight excluding hydrogens is 522 g/mol. The zero-order chi connectivity index (χ0) is 29.2. The van der Waals surface area contributed by atoms with E-state index in [9.17, 15) is 14.7 Å². The SMILES string of the molecule is CCOC(=O)CNC(=O)Nc1ccc([C@H]2O[C@@H](CN(C)Cc3ccccc3)[C@@H](C)[C@@H](c3ccc(CO)cc3)O2)cc1. The lowest BCUT2D eigenvalue weighted by molar-refractivity contribution is -0.276. The van der Waals surface area contributed by atoms with Crippen LogP contribution >= 0.6 is 0 Å². The van der Waals surface area contributed by atoms with Gasteiger partial charge in [-0.15, -0.1) is 0 Å². The number of anilines is 1. The molecule has 2 amide bonds. The van der Waals surface area contributed by atoms with E-state index in [1.54, 1.807) is 19.1 Å². The number of aliphatic hydroxyl groups excluding tert-OH is 1. The van der Waals surface area contributed by atoms with Gasteiger partial charge in [0.15, 0.2) is 6.29 Å². The molecule has 1 aliphatic heterocycles. The van der Waals surface area contributed by atoms with E-state index in [1.807, 2.05) is 54.6 Å². The van der Waals surface area contributed by atoms with E-state index < -0.39 is 18.3 Å². The Kier molecular flexibility index (Phi) is 10.9. The van der Waals surface area contributed by atoms with Crippen LogP contribution in [0.25, 0.3) is 0 Å². The summed E-state index contributed by atoms with van der Waals surface area (Å²) < 4.78 is 17.9. The number of rotatable bonds is 11. The third kappa shape index (κ3) is 8.61. The van der Waals surface area contributed by atoms with Crippen LogP contribution in [0.4, 0.5) is 10.5 Å². The van der Waals surface area contributed by atoms with Crippen molar-refractivity contribution in [2.45, 2.75) is 45.5 Å². The van der Waals surface area contributed by atoms with Crippen LogP contribution < -0.4 is 10.6 Å². The Balaban J connectivity index is 1.47. The Hall–Kier alpha value is -3.76. The van der Waals surface area contributed by atoms with Gasteiger partial charge in [-0.25, -0.2) is 4.79 Å². The minimum absolute atomic E-state index is 0.0127. The number of aliphatic hydroxyl groups is 1. The average molecular weight is 562 g/mol. The van der Waals surface area contributed by atoms with Crippen molar-refractivity contribution in [3.63, 3.8) is 0 Å². The lowest BCUT2D eigenvalue weighted by Crippen LogP contribution is -2.43. The van der Waals surface area contributed by atoms with Crippen LogP contribution in [-0.2, 0) is 32.2 Å². The lowest BCUT2D eigenvalue weighted by Gasteiger charge is -2.42. The highest BCUT2D eigenvalue weighted by Crippen LogP contribution is 2.42. The number of carbonyl (C=O) groups excluding carboxylic acids is 2. The summed E-state index contributed by atoms with van der Waals surface area (Å²) in [6.45, 7) is 5.40. The molecule has 9 nitrogen and oxygen atoms in total. The molecule has 9 heteroatoms. The number of amides is 2. The molecule has 3 aromatic rings. The number of likely N-dealkylation sites (N-methyl/N-ethyl adjacent to an activating group) is 1. The van der Waals surface area contributed by atoms with Crippen LogP contribution in [0.3, 0.4) is 0 Å². The van der Waals surface area contributed by atoms with E-state index in [0.717, 1.165) is 23.2 Å². The smallest absolute Gasteiger partial charge is 0.325 e. The summed E-state index contributed by atoms with van der Waals surface area (Å²) >= 11 is 0.